The van der Waals surface area contributed by atoms with Gasteiger partial charge in [-0.05, 0) is 60.6 Å². The van der Waals surface area contributed by atoms with Gasteiger partial charge in [0.2, 0.25) is 16.6 Å². The molecule has 4 rings (SSSR count). The van der Waals surface area contributed by atoms with Crippen molar-refractivity contribution in [1.82, 2.24) is 9.49 Å². The van der Waals surface area contributed by atoms with Gasteiger partial charge in [0.05, 0.1) is 11.4 Å². The summed E-state index contributed by atoms with van der Waals surface area (Å²) in [4.78, 5) is 2.66. The average Bonchev–Trinajstić information content (AvgIpc) is 2.99. The highest BCUT2D eigenvalue weighted by Gasteiger charge is 2.36. The second kappa shape index (κ2) is 13.6. The highest BCUT2D eigenvalue weighted by molar-refractivity contribution is 7.38. The average molecular weight is 675 g/mol. The van der Waals surface area contributed by atoms with E-state index in [2.05, 4.69) is 154 Å². The van der Waals surface area contributed by atoms with Crippen molar-refractivity contribution in [3.63, 3.8) is 0 Å². The smallest absolute Gasteiger partial charge is 0.224 e. The fourth-order valence-electron chi connectivity index (χ4n) is 5.01. The van der Waals surface area contributed by atoms with Crippen molar-refractivity contribution in [1.29, 1.82) is 0 Å². The number of nitrogens with zero attached hydrogens (tertiary/aromatic N) is 2. The van der Waals surface area contributed by atoms with Crippen molar-refractivity contribution >= 4 is 43.2 Å². The van der Waals surface area contributed by atoms with Crippen LogP contribution in [0.25, 0.3) is 22.3 Å². The molecule has 4 aromatic rings. The van der Waals surface area contributed by atoms with Gasteiger partial charge in [-0.2, -0.15) is 0 Å². The molecule has 0 aliphatic carbocycles. The van der Waals surface area contributed by atoms with E-state index in [0.717, 1.165) is 28.1 Å². The van der Waals surface area contributed by atoms with E-state index in [9.17, 15) is 0 Å². The first-order valence-electron chi connectivity index (χ1n) is 16.0. The molecule has 0 unspecified atom stereocenters. The molecule has 8 heteroatoms. The minimum absolute atomic E-state index is 0.00784. The van der Waals surface area contributed by atoms with Crippen LogP contribution in [0.4, 0.5) is 0 Å². The number of hydrogen-bond acceptors (Lipinski definition) is 4. The molecule has 4 nitrogen and oxygen atoms in total. The molecule has 0 fully saturated rings. The number of benzene rings is 2. The van der Waals surface area contributed by atoms with Crippen molar-refractivity contribution in [3.05, 3.63) is 84.2 Å². The van der Waals surface area contributed by atoms with E-state index in [1.807, 2.05) is 0 Å². The van der Waals surface area contributed by atoms with Crippen LogP contribution in [0.1, 0.15) is 66.8 Å². The van der Waals surface area contributed by atoms with Crippen LogP contribution in [0.3, 0.4) is 0 Å². The summed E-state index contributed by atoms with van der Waals surface area (Å²) >= 11 is 0. The Hall–Kier alpha value is -2.05. The Morgan fingerprint density at radius 1 is 0.556 bits per heavy atom. The molecule has 240 valence electrons. The minimum Gasteiger partial charge on any atom is -0.412 e. The van der Waals surface area contributed by atoms with Crippen molar-refractivity contribution in [2.75, 3.05) is 13.2 Å². The predicted octanol–water partition coefficient (Wildman–Crippen LogP) is 10.1. The lowest BCUT2D eigenvalue weighted by molar-refractivity contribution is 0.106. The van der Waals surface area contributed by atoms with Crippen LogP contribution in [0.15, 0.2) is 72.8 Å². The summed E-state index contributed by atoms with van der Waals surface area (Å²) in [7, 11) is -2.55. The third-order valence-corrected chi connectivity index (χ3v) is 18.0. The van der Waals surface area contributed by atoms with Crippen molar-refractivity contribution in [2.45, 2.75) is 92.4 Å². The zero-order chi connectivity index (χ0) is 33.3. The molecule has 0 N–H and O–H groups in total. The van der Waals surface area contributed by atoms with Crippen LogP contribution in [-0.4, -0.2) is 39.3 Å². The minimum atomic E-state index is -2.28. The topological polar surface area (TPSA) is 44.2 Å². The number of hydrogen-bond donors (Lipinski definition) is 0. The summed E-state index contributed by atoms with van der Waals surface area (Å²) in [6.07, 6.45) is 0. The lowest BCUT2D eigenvalue weighted by Crippen LogP contribution is -2.49. The van der Waals surface area contributed by atoms with Crippen LogP contribution in [0.5, 0.6) is 0 Å². The van der Waals surface area contributed by atoms with Gasteiger partial charge in [0.15, 0.2) is 0 Å². The van der Waals surface area contributed by atoms with Crippen molar-refractivity contribution in [3.8, 4) is 22.3 Å². The zero-order valence-corrected chi connectivity index (χ0v) is 33.2. The molecular weight excluding hydrogens is 623 g/mol. The van der Waals surface area contributed by atoms with Gasteiger partial charge in [0.1, 0.15) is 0 Å². The molecule has 0 bridgehead atoms. The monoisotopic (exact) mass is 674 g/mol. The first kappa shape index (κ1) is 35.8. The van der Waals surface area contributed by atoms with E-state index in [1.54, 1.807) is 0 Å². The SMILES string of the molecule is CC(C)(CO[Si](C)(C)c1pnc(C(C)(C)C)cc1-c1ccccc1)CO[Si](C)(C)c1pnc(C(C)(C)C)cc1-c1ccccc1. The van der Waals surface area contributed by atoms with Gasteiger partial charge < -0.3 is 8.85 Å². The Kier molecular flexibility index (Phi) is 10.8. The van der Waals surface area contributed by atoms with E-state index in [0.29, 0.717) is 13.2 Å². The Morgan fingerprint density at radius 2 is 0.889 bits per heavy atom. The molecule has 0 atom stereocenters. The normalized spacial score (nSPS) is 13.6. The van der Waals surface area contributed by atoms with Crippen molar-refractivity contribution < 1.29 is 8.85 Å². The van der Waals surface area contributed by atoms with Crippen LogP contribution >= 0.6 is 16.7 Å². The molecular formula is C37H52N2O2P2Si2. The Bertz CT molecular complexity index is 1480. The Labute approximate surface area is 278 Å². The van der Waals surface area contributed by atoms with Gasteiger partial charge in [-0.3, -0.25) is 0 Å². The lowest BCUT2D eigenvalue weighted by Gasteiger charge is -2.35. The second-order valence-electron chi connectivity index (χ2n) is 16.0. The fourth-order valence-corrected chi connectivity index (χ4v) is 12.9. The maximum absolute atomic E-state index is 6.94. The summed E-state index contributed by atoms with van der Waals surface area (Å²) in [5, 5.41) is 0. The molecule has 0 saturated carbocycles. The predicted molar refractivity (Wildman–Crippen MR) is 202 cm³/mol. The van der Waals surface area contributed by atoms with E-state index >= 15 is 0 Å². The molecule has 2 aromatic carbocycles. The highest BCUT2D eigenvalue weighted by Crippen LogP contribution is 2.33. The Balaban J connectivity index is 1.55. The Morgan fingerprint density at radius 3 is 1.20 bits per heavy atom. The summed E-state index contributed by atoms with van der Waals surface area (Å²) in [6.45, 7) is 28.5. The zero-order valence-electron chi connectivity index (χ0n) is 29.4. The van der Waals surface area contributed by atoms with Crippen LogP contribution < -0.4 is 9.84 Å². The maximum atomic E-state index is 6.94. The standard InChI is InChI=1S/C37H52N2O2P2Si2/c1-35(2,3)31-23-29(27-19-15-13-16-20-27)33(42-38-31)44(9,10)40-25-37(7,8)26-41-45(11,12)34-30(28-21-17-14-18-22-28)24-32(39-43-34)36(4,5)6/h13-24H,25-26H2,1-12H3. The number of aromatic nitrogens is 2. The molecule has 0 amide bonds. The van der Waals surface area contributed by atoms with Gasteiger partial charge in [0, 0.05) is 56.0 Å². The molecule has 0 aliphatic rings. The summed E-state index contributed by atoms with van der Waals surface area (Å²) in [6, 6.07) is 26.0. The first-order valence-corrected chi connectivity index (χ1v) is 23.5. The van der Waals surface area contributed by atoms with Crippen molar-refractivity contribution in [2.24, 2.45) is 5.41 Å². The van der Waals surface area contributed by atoms with E-state index in [4.69, 9.17) is 18.3 Å². The quantitative estimate of drug-likeness (QED) is 0.157. The van der Waals surface area contributed by atoms with Gasteiger partial charge in [-0.15, -0.1) is 0 Å². The molecule has 45 heavy (non-hydrogen) atoms. The lowest BCUT2D eigenvalue weighted by atomic mass is 9.91. The fraction of sp³-hybridized carbons (Fsp3) is 0.459. The molecule has 0 aliphatic heterocycles. The van der Waals surface area contributed by atoms with Gasteiger partial charge in [-0.25, -0.2) is 9.49 Å². The highest BCUT2D eigenvalue weighted by atomic mass is 31.1. The van der Waals surface area contributed by atoms with Crippen LogP contribution in [0, 0.1) is 5.41 Å². The van der Waals surface area contributed by atoms with E-state index in [-0.39, 0.29) is 16.2 Å². The molecule has 2 aromatic heterocycles. The first-order chi connectivity index (χ1) is 20.8. The van der Waals surface area contributed by atoms with E-state index in [1.165, 1.54) is 32.1 Å². The largest absolute Gasteiger partial charge is 0.412 e. The number of rotatable bonds is 10. The molecule has 0 radical (unpaired) electrons. The third-order valence-electron chi connectivity index (χ3n) is 8.08. The van der Waals surface area contributed by atoms with Gasteiger partial charge >= 0.3 is 0 Å². The van der Waals surface area contributed by atoms with Gasteiger partial charge in [0.25, 0.3) is 0 Å². The maximum Gasteiger partial charge on any atom is 0.224 e. The van der Waals surface area contributed by atoms with E-state index < -0.39 is 16.6 Å². The molecule has 2 heterocycles. The second-order valence-corrected chi connectivity index (χ2v) is 26.1. The summed E-state index contributed by atoms with van der Waals surface area (Å²) in [5.74, 6) is 0. The third kappa shape index (κ3) is 9.06. The van der Waals surface area contributed by atoms with Crippen LogP contribution in [0.2, 0.25) is 26.2 Å². The molecule has 0 saturated heterocycles. The van der Waals surface area contributed by atoms with Gasteiger partial charge in [-0.1, -0.05) is 116 Å². The van der Waals surface area contributed by atoms with Crippen LogP contribution in [-0.2, 0) is 19.7 Å². The summed E-state index contributed by atoms with van der Waals surface area (Å²) in [5.41, 5.74) is 7.13. The summed E-state index contributed by atoms with van der Waals surface area (Å²) < 4.78 is 23.9. The molecule has 0 spiro atoms.